The van der Waals surface area contributed by atoms with Crippen LogP contribution in [0.2, 0.25) is 0 Å². The molecule has 0 bridgehead atoms. The molecule has 0 radical (unpaired) electrons. The summed E-state index contributed by atoms with van der Waals surface area (Å²) in [5.74, 6) is -1.14. The van der Waals surface area contributed by atoms with Crippen molar-refractivity contribution in [1.29, 1.82) is 0 Å². The predicted molar refractivity (Wildman–Crippen MR) is 84.1 cm³/mol. The molecule has 0 aromatic heterocycles. The van der Waals surface area contributed by atoms with Gasteiger partial charge in [0.05, 0.1) is 0 Å². The Hall–Kier alpha value is -1.94. The molecule has 4 heteroatoms. The first kappa shape index (κ1) is 16.4. The molecule has 0 amide bonds. The normalized spacial score (nSPS) is 12.5. The second kappa shape index (κ2) is 7.36. The van der Waals surface area contributed by atoms with Crippen LogP contribution in [0.25, 0.3) is 0 Å². The highest BCUT2D eigenvalue weighted by Gasteiger charge is 2.22. The van der Waals surface area contributed by atoms with E-state index < -0.39 is 11.6 Å². The van der Waals surface area contributed by atoms with Crippen LogP contribution in [0.15, 0.2) is 42.5 Å². The summed E-state index contributed by atoms with van der Waals surface area (Å²) in [6, 6.07) is 11.3. The highest BCUT2D eigenvalue weighted by molar-refractivity contribution is 5.38. The van der Waals surface area contributed by atoms with Gasteiger partial charge in [0.25, 0.3) is 0 Å². The zero-order valence-electron chi connectivity index (χ0n) is 12.9. The van der Waals surface area contributed by atoms with E-state index in [2.05, 4.69) is 0 Å². The smallest absolute Gasteiger partial charge is 0.198 e. The van der Waals surface area contributed by atoms with Crippen molar-refractivity contribution < 1.29 is 13.5 Å². The third-order valence-electron chi connectivity index (χ3n) is 3.52. The Morgan fingerprint density at radius 2 is 1.73 bits per heavy atom. The first-order chi connectivity index (χ1) is 10.5. The van der Waals surface area contributed by atoms with Crippen molar-refractivity contribution in [3.05, 3.63) is 59.7 Å². The third-order valence-corrected chi connectivity index (χ3v) is 3.52. The molecule has 0 saturated heterocycles. The minimum atomic E-state index is -0.717. The van der Waals surface area contributed by atoms with Gasteiger partial charge in [0, 0.05) is 0 Å². The van der Waals surface area contributed by atoms with Gasteiger partial charge >= 0.3 is 0 Å². The lowest BCUT2D eigenvalue weighted by atomic mass is 9.90. The molecule has 0 saturated carbocycles. The summed E-state index contributed by atoms with van der Waals surface area (Å²) in [5, 5.41) is 0. The summed E-state index contributed by atoms with van der Waals surface area (Å²) in [4.78, 5) is 0. The molecule has 2 aromatic carbocycles. The Kier molecular flexibility index (Phi) is 5.50. The monoisotopic (exact) mass is 305 g/mol. The lowest BCUT2D eigenvalue weighted by Crippen LogP contribution is -2.16. The van der Waals surface area contributed by atoms with Crippen LogP contribution < -0.4 is 10.5 Å². The van der Waals surface area contributed by atoms with Gasteiger partial charge in [-0.25, -0.2) is 8.78 Å². The lowest BCUT2D eigenvalue weighted by Gasteiger charge is -2.19. The third kappa shape index (κ3) is 3.83. The average Bonchev–Trinajstić information content (AvgIpc) is 2.50. The quantitative estimate of drug-likeness (QED) is 0.828. The number of hydrogen-bond donors (Lipinski definition) is 1. The molecule has 0 fully saturated rings. The van der Waals surface area contributed by atoms with Crippen LogP contribution in [-0.4, -0.2) is 6.54 Å². The average molecular weight is 305 g/mol. The summed E-state index contributed by atoms with van der Waals surface area (Å²) >= 11 is 0. The van der Waals surface area contributed by atoms with Crippen LogP contribution in [0.3, 0.4) is 0 Å². The van der Waals surface area contributed by atoms with E-state index in [9.17, 15) is 8.78 Å². The van der Waals surface area contributed by atoms with Gasteiger partial charge in [0.15, 0.2) is 17.4 Å². The Balaban J connectivity index is 2.36. The molecule has 1 atom stereocenters. The van der Waals surface area contributed by atoms with E-state index >= 15 is 0 Å². The number of halogens is 2. The molecular formula is C18H21F2NO. The molecular weight excluding hydrogens is 284 g/mol. The van der Waals surface area contributed by atoms with Crippen LogP contribution in [0.4, 0.5) is 8.78 Å². The van der Waals surface area contributed by atoms with Gasteiger partial charge in [-0.3, -0.25) is 0 Å². The summed E-state index contributed by atoms with van der Waals surface area (Å²) in [7, 11) is 0. The van der Waals surface area contributed by atoms with Crippen molar-refractivity contribution in [1.82, 2.24) is 0 Å². The maximum atomic E-state index is 14.7. The topological polar surface area (TPSA) is 35.2 Å². The number of hydrogen-bond acceptors (Lipinski definition) is 2. The lowest BCUT2D eigenvalue weighted by molar-refractivity contribution is 0.396. The summed E-state index contributed by atoms with van der Waals surface area (Å²) < 4.78 is 34.0. The van der Waals surface area contributed by atoms with Crippen molar-refractivity contribution in [3.8, 4) is 11.5 Å². The van der Waals surface area contributed by atoms with Gasteiger partial charge in [0.2, 0.25) is 0 Å². The standard InChI is InChI=1S/C18H21F2NO/c1-12(2)10-13(11-21)15-8-9-16(19)18(17(15)20)22-14-6-4-3-5-7-14/h3-9,12-13H,10-11,21H2,1-2H3. The van der Waals surface area contributed by atoms with E-state index in [1.165, 1.54) is 12.1 Å². The minimum Gasteiger partial charge on any atom is -0.451 e. The Morgan fingerprint density at radius 3 is 2.32 bits per heavy atom. The molecule has 2 rings (SSSR count). The van der Waals surface area contributed by atoms with Gasteiger partial charge in [-0.15, -0.1) is 0 Å². The van der Waals surface area contributed by atoms with Crippen LogP contribution in [0.1, 0.15) is 31.7 Å². The maximum absolute atomic E-state index is 14.7. The van der Waals surface area contributed by atoms with Crippen LogP contribution >= 0.6 is 0 Å². The van der Waals surface area contributed by atoms with Gasteiger partial charge in [-0.1, -0.05) is 38.1 Å². The van der Waals surface area contributed by atoms with Crippen molar-refractivity contribution in [3.63, 3.8) is 0 Å². The Bertz CT molecular complexity index is 614. The SMILES string of the molecule is CC(C)CC(CN)c1ccc(F)c(Oc2ccccc2)c1F. The van der Waals surface area contributed by atoms with Crippen molar-refractivity contribution >= 4 is 0 Å². The van der Waals surface area contributed by atoms with Crippen LogP contribution in [0, 0.1) is 17.6 Å². The molecule has 1 unspecified atom stereocenters. The molecule has 0 aliphatic rings. The van der Waals surface area contributed by atoms with E-state index in [0.29, 0.717) is 23.8 Å². The van der Waals surface area contributed by atoms with E-state index in [1.54, 1.807) is 24.3 Å². The highest BCUT2D eigenvalue weighted by atomic mass is 19.1. The van der Waals surface area contributed by atoms with E-state index in [1.807, 2.05) is 19.9 Å². The van der Waals surface area contributed by atoms with Crippen molar-refractivity contribution in [2.45, 2.75) is 26.2 Å². The summed E-state index contributed by atoms with van der Waals surface area (Å²) in [6.45, 7) is 4.41. The largest absolute Gasteiger partial charge is 0.451 e. The fraction of sp³-hybridized carbons (Fsp3) is 0.333. The zero-order valence-corrected chi connectivity index (χ0v) is 12.9. The Labute approximate surface area is 129 Å². The molecule has 0 aliphatic heterocycles. The number of ether oxygens (including phenoxy) is 1. The second-order valence-corrected chi connectivity index (χ2v) is 5.76. The molecule has 22 heavy (non-hydrogen) atoms. The number of benzene rings is 2. The van der Waals surface area contributed by atoms with Crippen LogP contribution in [-0.2, 0) is 0 Å². The van der Waals surface area contributed by atoms with Crippen LogP contribution in [0.5, 0.6) is 11.5 Å². The molecule has 2 nitrogen and oxygen atoms in total. The molecule has 2 N–H and O–H groups in total. The number of para-hydroxylation sites is 1. The van der Waals surface area contributed by atoms with E-state index in [4.69, 9.17) is 10.5 Å². The molecule has 0 heterocycles. The molecule has 2 aromatic rings. The fourth-order valence-electron chi connectivity index (χ4n) is 2.48. The predicted octanol–water partition coefficient (Wildman–Crippen LogP) is 4.85. The van der Waals surface area contributed by atoms with E-state index in [0.717, 1.165) is 6.42 Å². The van der Waals surface area contributed by atoms with Crippen molar-refractivity contribution in [2.24, 2.45) is 11.7 Å². The molecule has 118 valence electrons. The van der Waals surface area contributed by atoms with Gasteiger partial charge in [-0.05, 0) is 48.6 Å². The van der Waals surface area contributed by atoms with E-state index in [-0.39, 0.29) is 11.7 Å². The number of nitrogens with two attached hydrogens (primary N) is 1. The van der Waals surface area contributed by atoms with Gasteiger partial charge < -0.3 is 10.5 Å². The fourth-order valence-corrected chi connectivity index (χ4v) is 2.48. The number of rotatable bonds is 6. The Morgan fingerprint density at radius 1 is 1.05 bits per heavy atom. The molecule has 0 aliphatic carbocycles. The van der Waals surface area contributed by atoms with Gasteiger partial charge in [0.1, 0.15) is 5.75 Å². The first-order valence-corrected chi connectivity index (χ1v) is 7.43. The minimum absolute atomic E-state index is 0.154. The summed E-state index contributed by atoms with van der Waals surface area (Å²) in [5.41, 5.74) is 6.17. The zero-order chi connectivity index (χ0) is 16.1. The second-order valence-electron chi connectivity index (χ2n) is 5.76. The maximum Gasteiger partial charge on any atom is 0.198 e. The summed E-state index contributed by atoms with van der Waals surface area (Å²) in [6.07, 6.45) is 0.740. The van der Waals surface area contributed by atoms with Gasteiger partial charge in [-0.2, -0.15) is 0 Å². The molecule has 0 spiro atoms. The highest BCUT2D eigenvalue weighted by Crippen LogP contribution is 2.34. The van der Waals surface area contributed by atoms with Crippen molar-refractivity contribution in [2.75, 3.05) is 6.54 Å². The first-order valence-electron chi connectivity index (χ1n) is 7.43.